The first-order valence-corrected chi connectivity index (χ1v) is 7.14. The van der Waals surface area contributed by atoms with Crippen molar-refractivity contribution in [2.75, 3.05) is 16.8 Å². The minimum Gasteiger partial charge on any atom is -0.350 e. The molecule has 0 amide bonds. The van der Waals surface area contributed by atoms with Gasteiger partial charge in [0.1, 0.15) is 0 Å². The van der Waals surface area contributed by atoms with Crippen LogP contribution >= 0.6 is 11.8 Å². The molecule has 5 heteroatoms. The van der Waals surface area contributed by atoms with Crippen LogP contribution in [0.5, 0.6) is 0 Å². The maximum Gasteiger partial charge on any atom is 0.243 e. The van der Waals surface area contributed by atoms with Crippen molar-refractivity contribution in [1.29, 1.82) is 0 Å². The smallest absolute Gasteiger partial charge is 0.243 e. The van der Waals surface area contributed by atoms with Crippen molar-refractivity contribution in [3.05, 3.63) is 23.9 Å². The number of rotatable bonds is 2. The highest BCUT2D eigenvalue weighted by Crippen LogP contribution is 2.19. The number of hydrogen-bond acceptors (Lipinski definition) is 4. The fraction of sp³-hybridized carbons (Fsp3) is 0.500. The molecule has 17 heavy (non-hydrogen) atoms. The summed E-state index contributed by atoms with van der Waals surface area (Å²) in [5, 5.41) is 7.89. The molecule has 1 aliphatic heterocycles. The van der Waals surface area contributed by atoms with Crippen molar-refractivity contribution in [3.8, 4) is 0 Å². The Labute approximate surface area is 105 Å². The Morgan fingerprint density at radius 3 is 3.00 bits per heavy atom. The number of aromatic nitrogens is 3. The standard InChI is InChI=1S/C12H16N4S/c1-9-2-3-11-14-12(15-16(11)8-9)13-10-4-6-17-7-5-10/h2-3,8,10H,4-7H2,1H3,(H,13,15). The molecule has 1 saturated heterocycles. The van der Waals surface area contributed by atoms with E-state index in [2.05, 4.69) is 28.4 Å². The predicted octanol–water partition coefficient (Wildman–Crippen LogP) is 2.35. The van der Waals surface area contributed by atoms with Crippen LogP contribution in [0.4, 0.5) is 5.95 Å². The third-order valence-electron chi connectivity index (χ3n) is 3.03. The Morgan fingerprint density at radius 2 is 2.18 bits per heavy atom. The van der Waals surface area contributed by atoms with Crippen molar-refractivity contribution in [1.82, 2.24) is 14.6 Å². The van der Waals surface area contributed by atoms with Gasteiger partial charge in [-0.05, 0) is 42.9 Å². The monoisotopic (exact) mass is 248 g/mol. The number of nitrogens with zero attached hydrogens (tertiary/aromatic N) is 3. The fourth-order valence-electron chi connectivity index (χ4n) is 2.07. The van der Waals surface area contributed by atoms with Crippen LogP contribution in [0.25, 0.3) is 5.65 Å². The van der Waals surface area contributed by atoms with Crippen molar-refractivity contribution in [3.63, 3.8) is 0 Å². The molecule has 0 spiro atoms. The Kier molecular flexibility index (Phi) is 2.93. The third kappa shape index (κ3) is 2.39. The van der Waals surface area contributed by atoms with Gasteiger partial charge in [0.05, 0.1) is 0 Å². The largest absolute Gasteiger partial charge is 0.350 e. The first-order valence-electron chi connectivity index (χ1n) is 5.98. The van der Waals surface area contributed by atoms with E-state index in [1.165, 1.54) is 29.9 Å². The molecule has 1 N–H and O–H groups in total. The molecule has 0 atom stereocenters. The van der Waals surface area contributed by atoms with Gasteiger partial charge >= 0.3 is 0 Å². The fourth-order valence-corrected chi connectivity index (χ4v) is 3.18. The van der Waals surface area contributed by atoms with E-state index in [4.69, 9.17) is 0 Å². The predicted molar refractivity (Wildman–Crippen MR) is 71.7 cm³/mol. The molecule has 2 aromatic rings. The highest BCUT2D eigenvalue weighted by molar-refractivity contribution is 7.99. The van der Waals surface area contributed by atoms with Gasteiger partial charge in [0.15, 0.2) is 5.65 Å². The van der Waals surface area contributed by atoms with Gasteiger partial charge in [-0.25, -0.2) is 4.52 Å². The number of aryl methyl sites for hydroxylation is 1. The number of hydrogen-bond donors (Lipinski definition) is 1. The maximum absolute atomic E-state index is 4.48. The maximum atomic E-state index is 4.48. The summed E-state index contributed by atoms with van der Waals surface area (Å²) in [6, 6.07) is 4.60. The van der Waals surface area contributed by atoms with Gasteiger partial charge in [-0.2, -0.15) is 16.7 Å². The van der Waals surface area contributed by atoms with Crippen molar-refractivity contribution in [2.45, 2.75) is 25.8 Å². The number of fused-ring (bicyclic) bond motifs is 1. The van der Waals surface area contributed by atoms with Crippen LogP contribution in [0.1, 0.15) is 18.4 Å². The molecule has 0 aliphatic carbocycles. The zero-order valence-electron chi connectivity index (χ0n) is 9.89. The van der Waals surface area contributed by atoms with Gasteiger partial charge in [-0.1, -0.05) is 6.07 Å². The summed E-state index contributed by atoms with van der Waals surface area (Å²) in [5.41, 5.74) is 2.10. The zero-order chi connectivity index (χ0) is 11.7. The van der Waals surface area contributed by atoms with Crippen LogP contribution < -0.4 is 5.32 Å². The second-order valence-corrected chi connectivity index (χ2v) is 5.70. The summed E-state index contributed by atoms with van der Waals surface area (Å²) in [6.07, 6.45) is 4.42. The van der Waals surface area contributed by atoms with Crippen LogP contribution in [0.2, 0.25) is 0 Å². The van der Waals surface area contributed by atoms with Crippen molar-refractivity contribution in [2.24, 2.45) is 0 Å². The summed E-state index contributed by atoms with van der Waals surface area (Å²) in [6.45, 7) is 2.06. The second-order valence-electron chi connectivity index (χ2n) is 4.48. The Hall–Kier alpha value is -1.23. The van der Waals surface area contributed by atoms with E-state index in [1.54, 1.807) is 0 Å². The van der Waals surface area contributed by atoms with Crippen molar-refractivity contribution >= 4 is 23.4 Å². The number of nitrogens with one attached hydrogen (secondary N) is 1. The first-order chi connectivity index (χ1) is 8.31. The number of thioether (sulfide) groups is 1. The minimum absolute atomic E-state index is 0.537. The van der Waals surface area contributed by atoms with Crippen LogP contribution in [0.15, 0.2) is 18.3 Å². The van der Waals surface area contributed by atoms with Gasteiger partial charge in [-0.3, -0.25) is 0 Å². The molecular weight excluding hydrogens is 232 g/mol. The summed E-state index contributed by atoms with van der Waals surface area (Å²) in [4.78, 5) is 4.48. The highest BCUT2D eigenvalue weighted by Gasteiger charge is 2.15. The van der Waals surface area contributed by atoms with Gasteiger partial charge in [0, 0.05) is 12.2 Å². The van der Waals surface area contributed by atoms with Gasteiger partial charge < -0.3 is 5.32 Å². The summed E-state index contributed by atoms with van der Waals surface area (Å²) in [7, 11) is 0. The van der Waals surface area contributed by atoms with E-state index in [0.29, 0.717) is 6.04 Å². The van der Waals surface area contributed by atoms with E-state index in [9.17, 15) is 0 Å². The van der Waals surface area contributed by atoms with E-state index >= 15 is 0 Å². The lowest BCUT2D eigenvalue weighted by molar-refractivity contribution is 0.659. The molecule has 1 aliphatic rings. The Morgan fingerprint density at radius 1 is 1.35 bits per heavy atom. The molecule has 3 rings (SSSR count). The van der Waals surface area contributed by atoms with E-state index in [1.807, 2.05) is 28.5 Å². The molecule has 2 aromatic heterocycles. The average molecular weight is 248 g/mol. The molecule has 4 nitrogen and oxygen atoms in total. The van der Waals surface area contributed by atoms with Crippen molar-refractivity contribution < 1.29 is 0 Å². The van der Waals surface area contributed by atoms with Crippen LogP contribution in [-0.2, 0) is 0 Å². The molecule has 3 heterocycles. The zero-order valence-corrected chi connectivity index (χ0v) is 10.7. The molecule has 0 saturated carbocycles. The minimum atomic E-state index is 0.537. The lowest BCUT2D eigenvalue weighted by atomic mass is 10.2. The van der Waals surface area contributed by atoms with Crippen LogP contribution in [0.3, 0.4) is 0 Å². The van der Waals surface area contributed by atoms with Gasteiger partial charge in [0.25, 0.3) is 0 Å². The summed E-state index contributed by atoms with van der Waals surface area (Å²) >= 11 is 2.03. The Balaban J connectivity index is 1.80. The molecular formula is C12H16N4S. The van der Waals surface area contributed by atoms with E-state index in [0.717, 1.165) is 11.6 Å². The van der Waals surface area contributed by atoms with E-state index < -0.39 is 0 Å². The lowest BCUT2D eigenvalue weighted by Gasteiger charge is -2.21. The highest BCUT2D eigenvalue weighted by atomic mass is 32.2. The summed E-state index contributed by atoms with van der Waals surface area (Å²) < 4.78 is 1.84. The third-order valence-corrected chi connectivity index (χ3v) is 4.08. The van der Waals surface area contributed by atoms with Gasteiger partial charge in [0.2, 0.25) is 5.95 Å². The van der Waals surface area contributed by atoms with E-state index in [-0.39, 0.29) is 0 Å². The SMILES string of the molecule is Cc1ccc2nc(NC3CCSCC3)nn2c1. The molecule has 0 bridgehead atoms. The number of pyridine rings is 1. The van der Waals surface area contributed by atoms with Crippen LogP contribution in [0, 0.1) is 6.92 Å². The second kappa shape index (κ2) is 4.56. The molecule has 0 unspecified atom stereocenters. The Bertz CT molecular complexity index is 516. The van der Waals surface area contributed by atoms with Gasteiger partial charge in [-0.15, -0.1) is 5.10 Å². The molecule has 90 valence electrons. The summed E-state index contributed by atoms with van der Waals surface area (Å²) in [5.74, 6) is 3.24. The normalized spacial score (nSPS) is 17.5. The number of anilines is 1. The quantitative estimate of drug-likeness (QED) is 0.886. The molecule has 0 aromatic carbocycles. The first kappa shape index (κ1) is 10.9. The molecule has 1 fully saturated rings. The topological polar surface area (TPSA) is 42.2 Å². The molecule has 0 radical (unpaired) electrons. The average Bonchev–Trinajstić information content (AvgIpc) is 2.71. The van der Waals surface area contributed by atoms with Crippen LogP contribution in [-0.4, -0.2) is 32.1 Å². The lowest BCUT2D eigenvalue weighted by Crippen LogP contribution is -2.25.